The van der Waals surface area contributed by atoms with Gasteiger partial charge in [0.2, 0.25) is 0 Å². The fraction of sp³-hybridized carbons (Fsp3) is 0.348. The minimum Gasteiger partial charge on any atom is -0.463 e. The van der Waals surface area contributed by atoms with E-state index in [0.29, 0.717) is 44.6 Å². The molecule has 1 aliphatic carbocycles. The lowest BCUT2D eigenvalue weighted by Crippen LogP contribution is -2.58. The predicted octanol–water partition coefficient (Wildman–Crippen LogP) is 2.69. The third-order valence-corrected chi connectivity index (χ3v) is 6.17. The van der Waals surface area contributed by atoms with Crippen LogP contribution in [0.15, 0.2) is 53.1 Å². The summed E-state index contributed by atoms with van der Waals surface area (Å²) in [4.78, 5) is 33.3. The zero-order chi connectivity index (χ0) is 20.7. The zero-order valence-corrected chi connectivity index (χ0v) is 16.6. The summed E-state index contributed by atoms with van der Waals surface area (Å²) in [6, 6.07) is 13.0. The van der Waals surface area contributed by atoms with Crippen molar-refractivity contribution >= 4 is 22.9 Å². The Balaban J connectivity index is 1.24. The van der Waals surface area contributed by atoms with Gasteiger partial charge in [-0.05, 0) is 43.5 Å². The van der Waals surface area contributed by atoms with Gasteiger partial charge in [0.1, 0.15) is 11.1 Å². The summed E-state index contributed by atoms with van der Waals surface area (Å²) in [6.07, 6.45) is 3.59. The molecule has 2 aliphatic rings. The van der Waals surface area contributed by atoms with E-state index in [1.807, 2.05) is 42.5 Å². The van der Waals surface area contributed by atoms with Crippen molar-refractivity contribution in [3.63, 3.8) is 0 Å². The van der Waals surface area contributed by atoms with Gasteiger partial charge < -0.3 is 19.3 Å². The third-order valence-electron chi connectivity index (χ3n) is 6.17. The molecule has 1 saturated heterocycles. The number of benzene rings is 1. The fourth-order valence-corrected chi connectivity index (χ4v) is 4.11. The number of nitrogens with zero attached hydrogens (tertiary/aromatic N) is 3. The number of rotatable bonds is 3. The second kappa shape index (κ2) is 7.25. The molecule has 30 heavy (non-hydrogen) atoms. The van der Waals surface area contributed by atoms with E-state index in [1.165, 1.54) is 0 Å². The molecule has 0 atom stereocenters. The molecular weight excluding hydrogens is 382 g/mol. The van der Waals surface area contributed by atoms with Gasteiger partial charge >= 0.3 is 0 Å². The first-order valence-corrected chi connectivity index (χ1v) is 10.3. The van der Waals surface area contributed by atoms with Crippen LogP contribution in [-0.4, -0.2) is 63.5 Å². The third kappa shape index (κ3) is 3.25. The number of pyridine rings is 1. The molecule has 0 radical (unpaired) electrons. The van der Waals surface area contributed by atoms with Crippen molar-refractivity contribution in [3.8, 4) is 11.3 Å². The number of furan rings is 1. The van der Waals surface area contributed by atoms with E-state index in [2.05, 4.69) is 4.98 Å². The smallest absolute Gasteiger partial charge is 0.254 e. The molecule has 5 rings (SSSR count). The summed E-state index contributed by atoms with van der Waals surface area (Å²) in [7, 11) is 0. The van der Waals surface area contributed by atoms with Gasteiger partial charge in [0.15, 0.2) is 5.58 Å². The van der Waals surface area contributed by atoms with Crippen molar-refractivity contribution in [1.29, 1.82) is 0 Å². The predicted molar refractivity (Wildman–Crippen MR) is 111 cm³/mol. The average Bonchev–Trinajstić information content (AvgIpc) is 3.24. The van der Waals surface area contributed by atoms with E-state index < -0.39 is 5.60 Å². The van der Waals surface area contributed by atoms with E-state index in [9.17, 15) is 14.7 Å². The van der Waals surface area contributed by atoms with Crippen LogP contribution in [-0.2, 0) is 4.79 Å². The number of aliphatic hydroxyl groups is 1. The molecule has 2 aromatic heterocycles. The maximum absolute atomic E-state index is 12.9. The number of aromatic nitrogens is 1. The molecule has 0 bridgehead atoms. The first-order chi connectivity index (χ1) is 14.5. The zero-order valence-electron chi connectivity index (χ0n) is 16.6. The molecule has 1 N–H and O–H groups in total. The van der Waals surface area contributed by atoms with Crippen molar-refractivity contribution in [3.05, 3.63) is 54.3 Å². The van der Waals surface area contributed by atoms with Crippen LogP contribution in [0.3, 0.4) is 0 Å². The number of piperazine rings is 1. The highest BCUT2D eigenvalue weighted by atomic mass is 16.3. The van der Waals surface area contributed by atoms with Gasteiger partial charge in [0, 0.05) is 43.4 Å². The first kappa shape index (κ1) is 18.8. The van der Waals surface area contributed by atoms with Crippen molar-refractivity contribution in [2.75, 3.05) is 26.2 Å². The average molecular weight is 405 g/mol. The van der Waals surface area contributed by atoms with Gasteiger partial charge in [-0.3, -0.25) is 9.59 Å². The van der Waals surface area contributed by atoms with Crippen molar-refractivity contribution < 1.29 is 19.1 Å². The Morgan fingerprint density at radius 1 is 0.933 bits per heavy atom. The summed E-state index contributed by atoms with van der Waals surface area (Å²) in [5, 5.41) is 10.3. The van der Waals surface area contributed by atoms with Gasteiger partial charge in [0.25, 0.3) is 11.8 Å². The quantitative estimate of drug-likeness (QED) is 0.724. The number of carbonyl (C=O) groups is 2. The maximum Gasteiger partial charge on any atom is 0.254 e. The van der Waals surface area contributed by atoms with Crippen LogP contribution in [0.4, 0.5) is 0 Å². The molecule has 0 spiro atoms. The van der Waals surface area contributed by atoms with Crippen LogP contribution in [0.1, 0.15) is 29.6 Å². The van der Waals surface area contributed by atoms with Gasteiger partial charge in [-0.2, -0.15) is 0 Å². The Bertz CT molecular complexity index is 1090. The van der Waals surface area contributed by atoms with Crippen LogP contribution in [0, 0.1) is 0 Å². The lowest BCUT2D eigenvalue weighted by molar-refractivity contribution is -0.161. The maximum atomic E-state index is 12.9. The molecule has 1 aromatic carbocycles. The second-order valence-electron chi connectivity index (χ2n) is 8.05. The van der Waals surface area contributed by atoms with Crippen molar-refractivity contribution in [2.24, 2.45) is 0 Å². The fourth-order valence-electron chi connectivity index (χ4n) is 4.11. The molecule has 1 saturated carbocycles. The first-order valence-electron chi connectivity index (χ1n) is 10.3. The number of amides is 2. The van der Waals surface area contributed by atoms with Crippen LogP contribution in [0.25, 0.3) is 22.4 Å². The standard InChI is InChI=1S/C23H23N3O4/c27-21(25-11-13-26(14-12-25)22(28)23(29)9-1-10-23)17-4-2-16(3-5-17)18-6-7-20-19(24-18)8-15-30-20/h2-8,15,29H,1,9-14H2. The highest BCUT2D eigenvalue weighted by molar-refractivity contribution is 5.95. The Morgan fingerprint density at radius 3 is 2.30 bits per heavy atom. The molecule has 3 heterocycles. The molecule has 7 heteroatoms. The van der Waals surface area contributed by atoms with Crippen LogP contribution >= 0.6 is 0 Å². The molecule has 2 amide bonds. The van der Waals surface area contributed by atoms with Gasteiger partial charge in [-0.15, -0.1) is 0 Å². The number of fused-ring (bicyclic) bond motifs is 1. The normalized spacial score (nSPS) is 18.3. The molecule has 154 valence electrons. The Hall–Kier alpha value is -3.19. The molecule has 7 nitrogen and oxygen atoms in total. The SMILES string of the molecule is O=C(c1ccc(-c2ccc3occc3n2)cc1)N1CCN(C(=O)C2(O)CCC2)CC1. The van der Waals surface area contributed by atoms with E-state index in [1.54, 1.807) is 16.1 Å². The van der Waals surface area contributed by atoms with E-state index in [4.69, 9.17) is 4.42 Å². The number of hydrogen-bond acceptors (Lipinski definition) is 5. The highest BCUT2D eigenvalue weighted by Gasteiger charge is 2.45. The summed E-state index contributed by atoms with van der Waals surface area (Å²) in [6.45, 7) is 1.86. The number of hydrogen-bond donors (Lipinski definition) is 1. The monoisotopic (exact) mass is 405 g/mol. The molecule has 1 aliphatic heterocycles. The minimum absolute atomic E-state index is 0.0470. The van der Waals surface area contributed by atoms with Crippen molar-refractivity contribution in [2.45, 2.75) is 24.9 Å². The summed E-state index contributed by atoms with van der Waals surface area (Å²) in [5.41, 5.74) is 2.73. The van der Waals surface area contributed by atoms with Crippen LogP contribution in [0.5, 0.6) is 0 Å². The largest absolute Gasteiger partial charge is 0.463 e. The lowest BCUT2D eigenvalue weighted by atomic mass is 9.79. The molecular formula is C23H23N3O4. The molecule has 0 unspecified atom stereocenters. The Labute approximate surface area is 173 Å². The minimum atomic E-state index is -1.17. The van der Waals surface area contributed by atoms with Gasteiger partial charge in [0.05, 0.1) is 12.0 Å². The Kier molecular flexibility index (Phi) is 4.55. The van der Waals surface area contributed by atoms with Crippen LogP contribution < -0.4 is 0 Å². The van der Waals surface area contributed by atoms with E-state index >= 15 is 0 Å². The highest BCUT2D eigenvalue weighted by Crippen LogP contribution is 2.33. The summed E-state index contributed by atoms with van der Waals surface area (Å²) < 4.78 is 5.33. The van der Waals surface area contributed by atoms with E-state index in [-0.39, 0.29) is 11.8 Å². The lowest BCUT2D eigenvalue weighted by Gasteiger charge is -2.42. The van der Waals surface area contributed by atoms with Gasteiger partial charge in [-0.1, -0.05) is 12.1 Å². The van der Waals surface area contributed by atoms with Crippen molar-refractivity contribution in [1.82, 2.24) is 14.8 Å². The molecule has 3 aromatic rings. The second-order valence-corrected chi connectivity index (χ2v) is 8.05. The van der Waals surface area contributed by atoms with Crippen LogP contribution in [0.2, 0.25) is 0 Å². The summed E-state index contributed by atoms with van der Waals surface area (Å²) in [5.74, 6) is -0.235. The number of carbonyl (C=O) groups excluding carboxylic acids is 2. The summed E-state index contributed by atoms with van der Waals surface area (Å²) >= 11 is 0. The molecule has 2 fully saturated rings. The Morgan fingerprint density at radius 2 is 1.63 bits per heavy atom. The van der Waals surface area contributed by atoms with Gasteiger partial charge in [-0.25, -0.2) is 4.98 Å². The van der Waals surface area contributed by atoms with E-state index in [0.717, 1.165) is 28.8 Å². The topological polar surface area (TPSA) is 86.9 Å².